The minimum Gasteiger partial charge on any atom is -0.0955 e. The van der Waals surface area contributed by atoms with Gasteiger partial charge < -0.3 is 0 Å². The normalized spacial score (nSPS) is 10.7. The summed E-state index contributed by atoms with van der Waals surface area (Å²) in [5, 5.41) is 0. The van der Waals surface area contributed by atoms with E-state index in [9.17, 15) is 0 Å². The Hall–Kier alpha value is -2.60. The van der Waals surface area contributed by atoms with Gasteiger partial charge in [0.2, 0.25) is 0 Å². The van der Waals surface area contributed by atoms with E-state index in [1.165, 1.54) is 59.1 Å². The number of allylic oxidation sites excluding steroid dienone is 1. The first-order chi connectivity index (χ1) is 14.5. The van der Waals surface area contributed by atoms with E-state index in [4.69, 9.17) is 0 Å². The van der Waals surface area contributed by atoms with Crippen LogP contribution in [-0.2, 0) is 12.8 Å². The summed E-state index contributed by atoms with van der Waals surface area (Å²) in [4.78, 5) is 0. The molecule has 0 heterocycles. The number of aryl methyl sites for hydroxylation is 3. The largest absolute Gasteiger partial charge is 0.0955 e. The van der Waals surface area contributed by atoms with Crippen molar-refractivity contribution in [1.82, 2.24) is 0 Å². The maximum Gasteiger partial charge on any atom is -0.00200 e. The third-order valence-corrected chi connectivity index (χ3v) is 5.49. The van der Waals surface area contributed by atoms with Crippen LogP contribution in [0.1, 0.15) is 73.9 Å². The third-order valence-electron chi connectivity index (χ3n) is 5.49. The summed E-state index contributed by atoms with van der Waals surface area (Å²) in [6.07, 6.45) is 5.16. The molecule has 4 rings (SSSR count). The fourth-order valence-electron chi connectivity index (χ4n) is 3.69. The van der Waals surface area contributed by atoms with Crippen molar-refractivity contribution in [2.75, 3.05) is 0 Å². The number of rotatable bonds is 5. The maximum atomic E-state index is 4.01. The molecule has 0 amide bonds. The zero-order chi connectivity index (χ0) is 22.1. The lowest BCUT2D eigenvalue weighted by atomic mass is 9.95. The summed E-state index contributed by atoms with van der Waals surface area (Å²) in [5.41, 5.74) is 12.2. The van der Waals surface area contributed by atoms with Crippen LogP contribution in [0.25, 0.3) is 16.7 Å². The van der Waals surface area contributed by atoms with Crippen molar-refractivity contribution in [2.45, 2.75) is 67.2 Å². The fourth-order valence-corrected chi connectivity index (χ4v) is 3.69. The summed E-state index contributed by atoms with van der Waals surface area (Å²) in [6.45, 7) is 16.6. The fraction of sp³-hybridized carbons (Fsp3) is 0.333. The molecule has 3 aromatic rings. The van der Waals surface area contributed by atoms with E-state index >= 15 is 0 Å². The molecular weight excluding hydrogens is 360 g/mol. The van der Waals surface area contributed by atoms with E-state index < -0.39 is 0 Å². The van der Waals surface area contributed by atoms with Crippen LogP contribution in [0.5, 0.6) is 0 Å². The van der Waals surface area contributed by atoms with Crippen LogP contribution in [0.15, 0.2) is 67.2 Å². The second-order valence-electron chi connectivity index (χ2n) is 8.01. The lowest BCUT2D eigenvalue weighted by Crippen LogP contribution is -1.88. The van der Waals surface area contributed by atoms with Crippen LogP contribution in [-0.4, -0.2) is 0 Å². The molecule has 0 saturated carbocycles. The van der Waals surface area contributed by atoms with Gasteiger partial charge in [0.25, 0.3) is 0 Å². The van der Waals surface area contributed by atoms with Crippen molar-refractivity contribution in [1.29, 1.82) is 0 Å². The highest BCUT2D eigenvalue weighted by Crippen LogP contribution is 2.29. The Labute approximate surface area is 184 Å². The van der Waals surface area contributed by atoms with Crippen molar-refractivity contribution in [3.05, 3.63) is 101 Å². The van der Waals surface area contributed by atoms with Crippen LogP contribution in [0, 0.1) is 13.8 Å². The molecule has 0 fully saturated rings. The van der Waals surface area contributed by atoms with Gasteiger partial charge >= 0.3 is 0 Å². The van der Waals surface area contributed by atoms with E-state index in [0.717, 1.165) is 5.57 Å². The first kappa shape index (κ1) is 23.7. The Morgan fingerprint density at radius 2 is 1.60 bits per heavy atom. The molecule has 0 saturated heterocycles. The van der Waals surface area contributed by atoms with Crippen LogP contribution in [0.4, 0.5) is 0 Å². The summed E-state index contributed by atoms with van der Waals surface area (Å²) in [5.74, 6) is 0. The van der Waals surface area contributed by atoms with Gasteiger partial charge in [-0.3, -0.25) is 0 Å². The smallest absolute Gasteiger partial charge is 0.00200 e. The molecule has 0 spiro atoms. The first-order valence-corrected chi connectivity index (χ1v) is 11.4. The van der Waals surface area contributed by atoms with E-state index in [0.29, 0.717) is 0 Å². The predicted molar refractivity (Wildman–Crippen MR) is 135 cm³/mol. The summed E-state index contributed by atoms with van der Waals surface area (Å²) in [7, 11) is 0. The first-order valence-electron chi connectivity index (χ1n) is 11.4. The lowest BCUT2D eigenvalue weighted by Gasteiger charge is -2.10. The quantitative estimate of drug-likeness (QED) is 0.315. The lowest BCUT2D eigenvalue weighted by molar-refractivity contribution is 0.795. The Morgan fingerprint density at radius 3 is 2.20 bits per heavy atom. The Morgan fingerprint density at radius 1 is 0.867 bits per heavy atom. The maximum absolute atomic E-state index is 4.01. The molecule has 0 N–H and O–H groups in total. The molecule has 0 radical (unpaired) electrons. The molecule has 0 aromatic heterocycles. The van der Waals surface area contributed by atoms with Gasteiger partial charge in [-0.1, -0.05) is 100 Å². The monoisotopic (exact) mass is 398 g/mol. The van der Waals surface area contributed by atoms with Crippen molar-refractivity contribution >= 4 is 5.57 Å². The van der Waals surface area contributed by atoms with E-state index in [2.05, 4.69) is 94.9 Å². The highest BCUT2D eigenvalue weighted by Gasteiger charge is 2.15. The highest BCUT2D eigenvalue weighted by molar-refractivity contribution is 5.72. The molecule has 30 heavy (non-hydrogen) atoms. The molecule has 0 bridgehead atoms. The van der Waals surface area contributed by atoms with Crippen LogP contribution in [0.2, 0.25) is 0 Å². The zero-order valence-electron chi connectivity index (χ0n) is 19.8. The number of unbranched alkanes of at least 4 members (excludes halogenated alkanes) is 1. The molecule has 0 nitrogen and oxygen atoms in total. The van der Waals surface area contributed by atoms with E-state index in [1.54, 1.807) is 11.1 Å². The number of hydrogen-bond donors (Lipinski definition) is 0. The second-order valence-corrected chi connectivity index (χ2v) is 8.01. The minimum atomic E-state index is 1.12. The van der Waals surface area contributed by atoms with E-state index in [1.807, 2.05) is 13.8 Å². The summed E-state index contributed by atoms with van der Waals surface area (Å²) >= 11 is 0. The van der Waals surface area contributed by atoms with Crippen molar-refractivity contribution < 1.29 is 0 Å². The van der Waals surface area contributed by atoms with Gasteiger partial charge in [0.15, 0.2) is 0 Å². The van der Waals surface area contributed by atoms with Gasteiger partial charge in [0, 0.05) is 0 Å². The topological polar surface area (TPSA) is 0 Å². The van der Waals surface area contributed by atoms with Gasteiger partial charge in [-0.15, -0.1) is 0 Å². The van der Waals surface area contributed by atoms with Crippen LogP contribution >= 0.6 is 0 Å². The van der Waals surface area contributed by atoms with Crippen LogP contribution < -0.4 is 0 Å². The molecule has 0 aliphatic heterocycles. The van der Waals surface area contributed by atoms with Crippen molar-refractivity contribution in [3.63, 3.8) is 0 Å². The number of hydrogen-bond acceptors (Lipinski definition) is 0. The minimum absolute atomic E-state index is 1.12. The van der Waals surface area contributed by atoms with E-state index in [-0.39, 0.29) is 0 Å². The molecule has 0 atom stereocenters. The Kier molecular flexibility index (Phi) is 9.12. The average Bonchev–Trinajstić information content (AvgIpc) is 3.53. The molecule has 1 aliphatic carbocycles. The standard InChI is InChI=1S/C17H18.C11H14.C2H6/c1-12(2)16-10-9-15(11-14(16)4)17-8-6-5-7-13(17)3;1-2-3-4-9-5-6-10-8-11(10)7-9;1-2/h5-11H,1H2,2-4H3;5-7H,2-4,8H2,1H3;1-2H3. The predicted octanol–water partition coefficient (Wildman–Crippen LogP) is 8.96. The summed E-state index contributed by atoms with van der Waals surface area (Å²) < 4.78 is 0. The Bertz CT molecular complexity index is 975. The Balaban J connectivity index is 0.000000212. The van der Waals surface area contributed by atoms with Gasteiger partial charge in [-0.2, -0.15) is 0 Å². The van der Waals surface area contributed by atoms with Gasteiger partial charge in [-0.05, 0) is 84.5 Å². The third kappa shape index (κ3) is 6.46. The number of benzene rings is 3. The highest BCUT2D eigenvalue weighted by atomic mass is 14.2. The number of fused-ring (bicyclic) bond motifs is 1. The molecule has 0 unspecified atom stereocenters. The van der Waals surface area contributed by atoms with Gasteiger partial charge in [0.1, 0.15) is 0 Å². The molecule has 1 aliphatic rings. The molecule has 0 heteroatoms. The average molecular weight is 399 g/mol. The van der Waals surface area contributed by atoms with Gasteiger partial charge in [-0.25, -0.2) is 0 Å². The summed E-state index contributed by atoms with van der Waals surface area (Å²) in [6, 6.07) is 22.0. The molecular formula is C30H38. The molecule has 158 valence electrons. The second kappa shape index (κ2) is 11.6. The molecule has 3 aromatic carbocycles. The SMILES string of the molecule is C=C(C)c1ccc(-c2ccccc2C)cc1C.CC.CCCCc1ccc2c(c1)C2. The zero-order valence-corrected chi connectivity index (χ0v) is 19.8. The van der Waals surface area contributed by atoms with Crippen molar-refractivity contribution in [2.24, 2.45) is 0 Å². The van der Waals surface area contributed by atoms with Gasteiger partial charge in [0.05, 0.1) is 0 Å². The van der Waals surface area contributed by atoms with Crippen LogP contribution in [0.3, 0.4) is 0 Å². The van der Waals surface area contributed by atoms with Crippen molar-refractivity contribution in [3.8, 4) is 11.1 Å².